The molecule has 2 aromatic rings. The van der Waals surface area contributed by atoms with E-state index in [2.05, 4.69) is 6.07 Å². The summed E-state index contributed by atoms with van der Waals surface area (Å²) in [4.78, 5) is 10.8. The number of rotatable bonds is 3. The molecule has 21 heavy (non-hydrogen) atoms. The highest BCUT2D eigenvalue weighted by Crippen LogP contribution is 2.43. The van der Waals surface area contributed by atoms with E-state index in [4.69, 9.17) is 4.74 Å². The normalized spacial score (nSPS) is 20.9. The summed E-state index contributed by atoms with van der Waals surface area (Å²) < 4.78 is 5.51. The molecule has 0 fully saturated rings. The van der Waals surface area contributed by atoms with Gasteiger partial charge in [-0.25, -0.2) is 0 Å². The number of hydrogen-bond acceptors (Lipinski definition) is 5. The van der Waals surface area contributed by atoms with Gasteiger partial charge in [-0.05, 0) is 22.4 Å². The zero-order valence-electron chi connectivity index (χ0n) is 10.8. The summed E-state index contributed by atoms with van der Waals surface area (Å²) in [5, 5.41) is 24.4. The third-order valence-corrected chi connectivity index (χ3v) is 4.05. The minimum absolute atomic E-state index is 0.302. The zero-order chi connectivity index (χ0) is 14.8. The highest BCUT2D eigenvalue weighted by atomic mass is 32.1. The summed E-state index contributed by atoms with van der Waals surface area (Å²) in [5.41, 5.74) is 1.73. The molecule has 3 rings (SSSR count). The second kappa shape index (κ2) is 5.38. The lowest BCUT2D eigenvalue weighted by atomic mass is 9.92. The van der Waals surface area contributed by atoms with Crippen LogP contribution in [0.5, 0.6) is 0 Å². The van der Waals surface area contributed by atoms with E-state index in [1.807, 2.05) is 16.8 Å². The Bertz CT molecular complexity index is 732. The van der Waals surface area contributed by atoms with Gasteiger partial charge in [-0.2, -0.15) is 16.6 Å². The van der Waals surface area contributed by atoms with Crippen LogP contribution in [0, 0.1) is 21.4 Å². The first kappa shape index (κ1) is 13.3. The Kier molecular flexibility index (Phi) is 3.42. The van der Waals surface area contributed by atoms with Gasteiger partial charge in [-0.1, -0.05) is 30.3 Å². The van der Waals surface area contributed by atoms with Crippen molar-refractivity contribution in [3.63, 3.8) is 0 Å². The van der Waals surface area contributed by atoms with Gasteiger partial charge in [0.05, 0.1) is 16.6 Å². The van der Waals surface area contributed by atoms with E-state index in [1.54, 1.807) is 30.3 Å². The van der Waals surface area contributed by atoms with E-state index < -0.39 is 17.1 Å². The largest absolute Gasteiger partial charge is 0.427 e. The van der Waals surface area contributed by atoms with Gasteiger partial charge in [0.1, 0.15) is 11.7 Å². The van der Waals surface area contributed by atoms with Crippen molar-refractivity contribution in [3.8, 4) is 6.07 Å². The SMILES string of the molecule is N#CC1=C(c2ccccc2)O[C@H]([N+](=O)[O-])[C@H]1c1ccsc1. The van der Waals surface area contributed by atoms with Gasteiger partial charge in [-0.15, -0.1) is 0 Å². The first-order valence-electron chi connectivity index (χ1n) is 6.24. The average molecular weight is 298 g/mol. The van der Waals surface area contributed by atoms with E-state index >= 15 is 0 Å². The Morgan fingerprint density at radius 2 is 2.05 bits per heavy atom. The lowest BCUT2D eigenvalue weighted by Gasteiger charge is -2.11. The molecule has 1 aliphatic heterocycles. The molecule has 0 amide bonds. The molecule has 5 nitrogen and oxygen atoms in total. The number of ether oxygens (including phenoxy) is 1. The zero-order valence-corrected chi connectivity index (χ0v) is 11.6. The van der Waals surface area contributed by atoms with Crippen LogP contribution >= 0.6 is 11.3 Å². The molecule has 0 unspecified atom stereocenters. The summed E-state index contributed by atoms with van der Waals surface area (Å²) in [7, 11) is 0. The van der Waals surface area contributed by atoms with Crippen molar-refractivity contribution in [2.75, 3.05) is 0 Å². The van der Waals surface area contributed by atoms with Crippen molar-refractivity contribution >= 4 is 17.1 Å². The Labute approximate surface area is 124 Å². The smallest absolute Gasteiger partial charge is 0.365 e. The molecule has 2 heterocycles. The second-order valence-electron chi connectivity index (χ2n) is 4.55. The third kappa shape index (κ3) is 2.28. The molecule has 0 spiro atoms. The van der Waals surface area contributed by atoms with E-state index in [1.165, 1.54) is 11.3 Å². The number of nitro groups is 1. The Morgan fingerprint density at radius 1 is 1.29 bits per heavy atom. The lowest BCUT2D eigenvalue weighted by molar-refractivity contribution is -0.567. The van der Waals surface area contributed by atoms with Crippen LogP contribution < -0.4 is 0 Å². The molecule has 0 saturated carbocycles. The molecule has 0 saturated heterocycles. The first-order chi connectivity index (χ1) is 10.2. The van der Waals surface area contributed by atoms with E-state index in [9.17, 15) is 15.4 Å². The first-order valence-corrected chi connectivity index (χ1v) is 7.18. The predicted octanol–water partition coefficient (Wildman–Crippen LogP) is 3.40. The Balaban J connectivity index is 2.13. The van der Waals surface area contributed by atoms with Crippen LogP contribution in [-0.4, -0.2) is 11.2 Å². The molecule has 0 bridgehead atoms. The van der Waals surface area contributed by atoms with Gasteiger partial charge < -0.3 is 4.74 Å². The molecule has 0 N–H and O–H groups in total. The highest BCUT2D eigenvalue weighted by Gasteiger charge is 2.46. The quantitative estimate of drug-likeness (QED) is 0.643. The van der Waals surface area contributed by atoms with Gasteiger partial charge >= 0.3 is 6.23 Å². The topological polar surface area (TPSA) is 76.2 Å². The van der Waals surface area contributed by atoms with Crippen molar-refractivity contribution < 1.29 is 9.66 Å². The van der Waals surface area contributed by atoms with Crippen molar-refractivity contribution in [1.82, 2.24) is 0 Å². The van der Waals surface area contributed by atoms with Crippen LogP contribution in [0.25, 0.3) is 5.76 Å². The monoisotopic (exact) mass is 298 g/mol. The van der Waals surface area contributed by atoms with Crippen LogP contribution in [0.3, 0.4) is 0 Å². The summed E-state index contributed by atoms with van der Waals surface area (Å²) in [6.45, 7) is 0. The Hall–Kier alpha value is -2.65. The number of nitrogens with zero attached hydrogens (tertiary/aromatic N) is 2. The van der Waals surface area contributed by atoms with Crippen LogP contribution in [0.2, 0.25) is 0 Å². The molecule has 1 aromatic carbocycles. The molecule has 0 aliphatic carbocycles. The maximum Gasteiger partial charge on any atom is 0.365 e. The minimum Gasteiger partial charge on any atom is -0.427 e. The number of hydrogen-bond donors (Lipinski definition) is 0. The second-order valence-corrected chi connectivity index (χ2v) is 5.33. The van der Waals surface area contributed by atoms with Gasteiger partial charge in [0.15, 0.2) is 0 Å². The molecule has 1 aliphatic rings. The maximum atomic E-state index is 11.3. The Morgan fingerprint density at radius 3 is 2.62 bits per heavy atom. The predicted molar refractivity (Wildman–Crippen MR) is 77.9 cm³/mol. The fourth-order valence-corrected chi connectivity index (χ4v) is 3.11. The van der Waals surface area contributed by atoms with E-state index in [-0.39, 0.29) is 0 Å². The van der Waals surface area contributed by atoms with Crippen LogP contribution in [0.15, 0.2) is 52.7 Å². The molecule has 6 heteroatoms. The number of benzene rings is 1. The van der Waals surface area contributed by atoms with Crippen molar-refractivity contribution in [2.24, 2.45) is 0 Å². The molecule has 104 valence electrons. The van der Waals surface area contributed by atoms with Gasteiger partial charge in [0.25, 0.3) is 0 Å². The number of thiophene rings is 1. The standard InChI is InChI=1S/C15H10N2O3S/c16-8-12-13(11-6-7-21-9-11)15(17(18)19)20-14(12)10-4-2-1-3-5-10/h1-7,9,13,15H/t13-,15-/m0/s1. The summed E-state index contributed by atoms with van der Waals surface area (Å²) in [6, 6.07) is 12.9. The number of nitriles is 1. The molecule has 1 aromatic heterocycles. The van der Waals surface area contributed by atoms with Crippen molar-refractivity contribution in [3.05, 3.63) is 74.0 Å². The molecular formula is C15H10N2O3S. The summed E-state index contributed by atoms with van der Waals surface area (Å²) in [6.07, 6.45) is -1.26. The fourth-order valence-electron chi connectivity index (χ4n) is 2.42. The van der Waals surface area contributed by atoms with E-state index in [0.29, 0.717) is 16.9 Å². The highest BCUT2D eigenvalue weighted by molar-refractivity contribution is 7.08. The van der Waals surface area contributed by atoms with Crippen LogP contribution in [-0.2, 0) is 4.74 Å². The van der Waals surface area contributed by atoms with Crippen molar-refractivity contribution in [1.29, 1.82) is 5.26 Å². The lowest BCUT2D eigenvalue weighted by Crippen LogP contribution is -2.25. The third-order valence-electron chi connectivity index (χ3n) is 3.35. The summed E-state index contributed by atoms with van der Waals surface area (Å²) >= 11 is 1.44. The minimum atomic E-state index is -1.26. The average Bonchev–Trinajstić information content (AvgIpc) is 3.14. The van der Waals surface area contributed by atoms with E-state index in [0.717, 1.165) is 5.56 Å². The molecule has 0 radical (unpaired) electrons. The molecular weight excluding hydrogens is 288 g/mol. The van der Waals surface area contributed by atoms with Crippen LogP contribution in [0.4, 0.5) is 0 Å². The molecule has 2 atom stereocenters. The van der Waals surface area contributed by atoms with Gasteiger partial charge in [-0.3, -0.25) is 10.1 Å². The van der Waals surface area contributed by atoms with Gasteiger partial charge in [0, 0.05) is 5.56 Å². The fraction of sp³-hybridized carbons (Fsp3) is 0.133. The van der Waals surface area contributed by atoms with Crippen molar-refractivity contribution in [2.45, 2.75) is 12.1 Å². The van der Waals surface area contributed by atoms with Gasteiger partial charge in [0.2, 0.25) is 0 Å². The van der Waals surface area contributed by atoms with Crippen LogP contribution in [0.1, 0.15) is 17.0 Å². The maximum absolute atomic E-state index is 11.3. The summed E-state index contributed by atoms with van der Waals surface area (Å²) in [5.74, 6) is -0.359.